The zero-order valence-corrected chi connectivity index (χ0v) is 12.8. The molecule has 0 spiro atoms. The van der Waals surface area contributed by atoms with Gasteiger partial charge in [-0.15, -0.1) is 0 Å². The zero-order valence-electron chi connectivity index (χ0n) is 12.8. The number of carbonyl (C=O) groups is 1. The number of nitrogens with one attached hydrogen (secondary N) is 1. The second kappa shape index (κ2) is 6.83. The van der Waals surface area contributed by atoms with Gasteiger partial charge < -0.3 is 9.88 Å². The number of amides is 1. The number of rotatable bonds is 5. The topological polar surface area (TPSA) is 72.7 Å². The maximum Gasteiger partial charge on any atom is 0.251 e. The van der Waals surface area contributed by atoms with Gasteiger partial charge in [-0.25, -0.2) is 15.0 Å². The van der Waals surface area contributed by atoms with Crippen LogP contribution >= 0.6 is 0 Å². The van der Waals surface area contributed by atoms with Gasteiger partial charge in [-0.3, -0.25) is 4.79 Å². The lowest BCUT2D eigenvalue weighted by atomic mass is 10.1. The van der Waals surface area contributed by atoms with E-state index in [0.717, 1.165) is 5.56 Å². The molecule has 2 aromatic heterocycles. The van der Waals surface area contributed by atoms with Crippen molar-refractivity contribution in [3.63, 3.8) is 0 Å². The number of hydrogen-bond acceptors (Lipinski definition) is 4. The molecule has 0 atom stereocenters. The van der Waals surface area contributed by atoms with E-state index in [4.69, 9.17) is 0 Å². The van der Waals surface area contributed by atoms with E-state index in [1.165, 1.54) is 0 Å². The van der Waals surface area contributed by atoms with Gasteiger partial charge in [0.15, 0.2) is 11.6 Å². The summed E-state index contributed by atoms with van der Waals surface area (Å²) in [6, 6.07) is 9.29. The van der Waals surface area contributed by atoms with Crippen molar-refractivity contribution < 1.29 is 4.79 Å². The highest BCUT2D eigenvalue weighted by Crippen LogP contribution is 2.10. The largest absolute Gasteiger partial charge is 0.350 e. The second-order valence-electron chi connectivity index (χ2n) is 5.14. The van der Waals surface area contributed by atoms with Crippen LogP contribution in [0.25, 0.3) is 11.6 Å². The average Bonchev–Trinajstić information content (AvgIpc) is 3.04. The third kappa shape index (κ3) is 3.60. The van der Waals surface area contributed by atoms with Gasteiger partial charge in [0.25, 0.3) is 5.91 Å². The summed E-state index contributed by atoms with van der Waals surface area (Å²) in [5.74, 6) is 1.18. The van der Waals surface area contributed by atoms with Crippen LogP contribution in [-0.2, 0) is 6.54 Å². The minimum atomic E-state index is -0.0775. The third-order valence-corrected chi connectivity index (χ3v) is 3.40. The van der Waals surface area contributed by atoms with E-state index < -0.39 is 0 Å². The summed E-state index contributed by atoms with van der Waals surface area (Å²) in [7, 11) is 0. The molecule has 0 aliphatic carbocycles. The highest BCUT2D eigenvalue weighted by atomic mass is 16.1. The number of benzene rings is 1. The first-order chi connectivity index (χ1) is 11.2. The van der Waals surface area contributed by atoms with Gasteiger partial charge in [-0.2, -0.15) is 0 Å². The van der Waals surface area contributed by atoms with E-state index in [1.807, 2.05) is 42.0 Å². The van der Waals surface area contributed by atoms with Crippen molar-refractivity contribution >= 4 is 5.91 Å². The van der Waals surface area contributed by atoms with Gasteiger partial charge in [0.1, 0.15) is 0 Å². The minimum Gasteiger partial charge on any atom is -0.350 e. The van der Waals surface area contributed by atoms with Crippen molar-refractivity contribution in [3.8, 4) is 11.6 Å². The lowest BCUT2D eigenvalue weighted by Crippen LogP contribution is -2.27. The van der Waals surface area contributed by atoms with Gasteiger partial charge in [0.05, 0.1) is 0 Å². The molecule has 1 N–H and O–H groups in total. The van der Waals surface area contributed by atoms with Gasteiger partial charge in [0.2, 0.25) is 0 Å². The predicted molar refractivity (Wildman–Crippen MR) is 86.8 cm³/mol. The molecular weight excluding hydrogens is 290 g/mol. The van der Waals surface area contributed by atoms with Crippen LogP contribution in [0.3, 0.4) is 0 Å². The molecule has 23 heavy (non-hydrogen) atoms. The standard InChI is InChI=1S/C17H17N5O/c1-13-4-2-5-14(12-13)17(23)21-9-11-22-10-8-20-16(22)15-18-6-3-7-19-15/h2-8,10,12H,9,11H2,1H3,(H,21,23). The normalized spacial score (nSPS) is 10.5. The fourth-order valence-corrected chi connectivity index (χ4v) is 2.29. The Balaban J connectivity index is 1.62. The van der Waals surface area contributed by atoms with Crippen molar-refractivity contribution in [2.24, 2.45) is 0 Å². The van der Waals surface area contributed by atoms with Crippen LogP contribution in [-0.4, -0.2) is 32.0 Å². The van der Waals surface area contributed by atoms with Crippen molar-refractivity contribution in [2.75, 3.05) is 6.54 Å². The summed E-state index contributed by atoms with van der Waals surface area (Å²) in [6.07, 6.45) is 6.92. The Bertz CT molecular complexity index is 798. The van der Waals surface area contributed by atoms with E-state index in [-0.39, 0.29) is 5.91 Å². The molecule has 0 saturated carbocycles. The number of aryl methyl sites for hydroxylation is 1. The fraction of sp³-hybridized carbons (Fsp3) is 0.176. The van der Waals surface area contributed by atoms with Gasteiger partial charge in [-0.1, -0.05) is 17.7 Å². The van der Waals surface area contributed by atoms with Crippen molar-refractivity contribution in [2.45, 2.75) is 13.5 Å². The second-order valence-corrected chi connectivity index (χ2v) is 5.14. The zero-order chi connectivity index (χ0) is 16.1. The van der Waals surface area contributed by atoms with Crippen LogP contribution in [0.5, 0.6) is 0 Å². The molecule has 1 aromatic carbocycles. The van der Waals surface area contributed by atoms with Crippen molar-refractivity contribution in [1.82, 2.24) is 24.8 Å². The SMILES string of the molecule is Cc1cccc(C(=O)NCCn2ccnc2-c2ncccn2)c1. The number of aromatic nitrogens is 4. The molecule has 3 rings (SSSR count). The Morgan fingerprint density at radius 2 is 1.96 bits per heavy atom. The molecule has 2 heterocycles. The van der Waals surface area contributed by atoms with Crippen LogP contribution < -0.4 is 5.32 Å². The summed E-state index contributed by atoms with van der Waals surface area (Å²) < 4.78 is 1.92. The quantitative estimate of drug-likeness (QED) is 0.783. The lowest BCUT2D eigenvalue weighted by molar-refractivity contribution is 0.0952. The predicted octanol–water partition coefficient (Wildman–Crippen LogP) is 2.08. The first kappa shape index (κ1) is 14.9. The van der Waals surface area contributed by atoms with Crippen LogP contribution in [0.4, 0.5) is 0 Å². The molecular formula is C17H17N5O. The molecule has 0 unspecified atom stereocenters. The minimum absolute atomic E-state index is 0.0775. The van der Waals surface area contributed by atoms with E-state index >= 15 is 0 Å². The maximum absolute atomic E-state index is 12.1. The molecule has 0 radical (unpaired) electrons. The molecule has 0 saturated heterocycles. The van der Waals surface area contributed by atoms with Crippen LogP contribution in [0.1, 0.15) is 15.9 Å². The molecule has 3 aromatic rings. The summed E-state index contributed by atoms with van der Waals surface area (Å²) >= 11 is 0. The Kier molecular flexibility index (Phi) is 4.42. The summed E-state index contributed by atoms with van der Waals surface area (Å²) in [5.41, 5.74) is 1.73. The van der Waals surface area contributed by atoms with Gasteiger partial charge >= 0.3 is 0 Å². The van der Waals surface area contributed by atoms with Crippen molar-refractivity contribution in [3.05, 3.63) is 66.2 Å². The molecule has 0 aliphatic heterocycles. The Hall–Kier alpha value is -3.02. The molecule has 0 aliphatic rings. The van der Waals surface area contributed by atoms with Crippen LogP contribution in [0, 0.1) is 6.92 Å². The van der Waals surface area contributed by atoms with E-state index in [1.54, 1.807) is 24.7 Å². The number of carbonyl (C=O) groups excluding carboxylic acids is 1. The highest BCUT2D eigenvalue weighted by Gasteiger charge is 2.09. The Morgan fingerprint density at radius 1 is 1.13 bits per heavy atom. The molecule has 0 bridgehead atoms. The lowest BCUT2D eigenvalue weighted by Gasteiger charge is -2.09. The maximum atomic E-state index is 12.1. The third-order valence-electron chi connectivity index (χ3n) is 3.40. The number of imidazole rings is 1. The highest BCUT2D eigenvalue weighted by molar-refractivity contribution is 5.94. The summed E-state index contributed by atoms with van der Waals surface area (Å²) in [5, 5.41) is 2.91. The van der Waals surface area contributed by atoms with Crippen LogP contribution in [0.2, 0.25) is 0 Å². The van der Waals surface area contributed by atoms with Gasteiger partial charge in [0, 0.05) is 43.4 Å². The fourth-order valence-electron chi connectivity index (χ4n) is 2.29. The van der Waals surface area contributed by atoms with Crippen LogP contribution in [0.15, 0.2) is 55.1 Å². The smallest absolute Gasteiger partial charge is 0.251 e. The van der Waals surface area contributed by atoms with Gasteiger partial charge in [-0.05, 0) is 25.1 Å². The molecule has 1 amide bonds. The summed E-state index contributed by atoms with van der Waals surface area (Å²) in [4.78, 5) is 24.8. The molecule has 116 valence electrons. The summed E-state index contributed by atoms with van der Waals surface area (Å²) in [6.45, 7) is 3.07. The van der Waals surface area contributed by atoms with E-state index in [9.17, 15) is 4.79 Å². The molecule has 6 nitrogen and oxygen atoms in total. The average molecular weight is 307 g/mol. The Labute approximate surface area is 134 Å². The first-order valence-electron chi connectivity index (χ1n) is 7.37. The van der Waals surface area contributed by atoms with E-state index in [2.05, 4.69) is 20.3 Å². The monoisotopic (exact) mass is 307 g/mol. The van der Waals surface area contributed by atoms with E-state index in [0.29, 0.717) is 30.3 Å². The molecule has 0 fully saturated rings. The number of hydrogen-bond donors (Lipinski definition) is 1. The first-order valence-corrected chi connectivity index (χ1v) is 7.37. The Morgan fingerprint density at radius 3 is 2.74 bits per heavy atom. The molecule has 6 heteroatoms. The number of nitrogens with zero attached hydrogens (tertiary/aromatic N) is 4. The van der Waals surface area contributed by atoms with Crippen molar-refractivity contribution in [1.29, 1.82) is 0 Å².